The summed E-state index contributed by atoms with van der Waals surface area (Å²) in [5.74, 6) is 0.904. The molecule has 0 saturated heterocycles. The van der Waals surface area contributed by atoms with Gasteiger partial charge in [0.05, 0.1) is 0 Å². The highest BCUT2D eigenvalue weighted by atomic mass is 14.3. The average Bonchev–Trinajstić information content (AvgIpc) is 2.10. The SMILES string of the molecule is CCC1CCCC=CC1(C)C. The van der Waals surface area contributed by atoms with Crippen LogP contribution in [0.3, 0.4) is 0 Å². The van der Waals surface area contributed by atoms with Crippen molar-refractivity contribution >= 4 is 0 Å². The molecule has 0 fully saturated rings. The molecule has 1 rings (SSSR count). The molecule has 0 heterocycles. The smallest absolute Gasteiger partial charge is 0.0147 e. The Bertz CT molecular complexity index is 142. The van der Waals surface area contributed by atoms with Crippen LogP contribution in [0.15, 0.2) is 12.2 Å². The minimum Gasteiger partial charge on any atom is -0.0880 e. The molecule has 64 valence electrons. The molecule has 0 N–H and O–H groups in total. The van der Waals surface area contributed by atoms with Crippen LogP contribution in [0, 0.1) is 11.3 Å². The van der Waals surface area contributed by atoms with E-state index in [-0.39, 0.29) is 0 Å². The maximum atomic E-state index is 2.41. The van der Waals surface area contributed by atoms with Gasteiger partial charge in [0.2, 0.25) is 0 Å². The quantitative estimate of drug-likeness (QED) is 0.502. The summed E-state index contributed by atoms with van der Waals surface area (Å²) in [5.41, 5.74) is 0.450. The third-order valence-corrected chi connectivity index (χ3v) is 3.02. The second kappa shape index (κ2) is 3.42. The van der Waals surface area contributed by atoms with E-state index in [9.17, 15) is 0 Å². The Morgan fingerprint density at radius 3 is 2.82 bits per heavy atom. The highest BCUT2D eigenvalue weighted by Gasteiger charge is 2.25. The fourth-order valence-electron chi connectivity index (χ4n) is 2.11. The first-order valence-corrected chi connectivity index (χ1v) is 4.84. The molecule has 1 unspecified atom stereocenters. The van der Waals surface area contributed by atoms with E-state index in [0.717, 1.165) is 5.92 Å². The molecule has 11 heavy (non-hydrogen) atoms. The Balaban J connectivity index is 2.68. The van der Waals surface area contributed by atoms with Gasteiger partial charge >= 0.3 is 0 Å². The number of allylic oxidation sites excluding steroid dienone is 2. The Labute approximate surface area is 70.7 Å². The Morgan fingerprint density at radius 1 is 1.45 bits per heavy atom. The third-order valence-electron chi connectivity index (χ3n) is 3.02. The molecule has 0 aromatic rings. The lowest BCUT2D eigenvalue weighted by Crippen LogP contribution is -2.19. The highest BCUT2D eigenvalue weighted by Crippen LogP contribution is 2.36. The van der Waals surface area contributed by atoms with Gasteiger partial charge in [0.25, 0.3) is 0 Å². The zero-order chi connectivity index (χ0) is 8.32. The van der Waals surface area contributed by atoms with E-state index in [1.807, 2.05) is 0 Å². The minimum atomic E-state index is 0.450. The fourth-order valence-corrected chi connectivity index (χ4v) is 2.11. The van der Waals surface area contributed by atoms with E-state index < -0.39 is 0 Å². The first-order valence-electron chi connectivity index (χ1n) is 4.84. The van der Waals surface area contributed by atoms with Gasteiger partial charge in [0, 0.05) is 0 Å². The number of hydrogen-bond donors (Lipinski definition) is 0. The summed E-state index contributed by atoms with van der Waals surface area (Å²) >= 11 is 0. The summed E-state index contributed by atoms with van der Waals surface area (Å²) in [4.78, 5) is 0. The standard InChI is InChI=1S/C11H20/c1-4-10-8-6-5-7-9-11(10,2)3/h7,9-10H,4-6,8H2,1-3H3. The van der Waals surface area contributed by atoms with Gasteiger partial charge in [-0.3, -0.25) is 0 Å². The Morgan fingerprint density at radius 2 is 2.18 bits per heavy atom. The van der Waals surface area contributed by atoms with Crippen molar-refractivity contribution in [2.24, 2.45) is 11.3 Å². The predicted octanol–water partition coefficient (Wildman–Crippen LogP) is 3.78. The van der Waals surface area contributed by atoms with Crippen LogP contribution in [0.4, 0.5) is 0 Å². The van der Waals surface area contributed by atoms with Gasteiger partial charge in [-0.05, 0) is 30.6 Å². The van der Waals surface area contributed by atoms with Gasteiger partial charge in [0.15, 0.2) is 0 Å². The number of rotatable bonds is 1. The largest absolute Gasteiger partial charge is 0.0880 e. The molecular weight excluding hydrogens is 132 g/mol. The van der Waals surface area contributed by atoms with Crippen LogP contribution >= 0.6 is 0 Å². The van der Waals surface area contributed by atoms with Crippen molar-refractivity contribution in [1.82, 2.24) is 0 Å². The van der Waals surface area contributed by atoms with E-state index in [1.54, 1.807) is 0 Å². The van der Waals surface area contributed by atoms with Crippen molar-refractivity contribution in [2.45, 2.75) is 46.5 Å². The molecule has 1 aliphatic rings. The summed E-state index contributed by atoms with van der Waals surface area (Å²) in [5, 5.41) is 0. The van der Waals surface area contributed by atoms with Crippen molar-refractivity contribution < 1.29 is 0 Å². The van der Waals surface area contributed by atoms with Crippen LogP contribution in [-0.2, 0) is 0 Å². The normalized spacial score (nSPS) is 29.9. The summed E-state index contributed by atoms with van der Waals surface area (Å²) < 4.78 is 0. The monoisotopic (exact) mass is 152 g/mol. The van der Waals surface area contributed by atoms with Crippen molar-refractivity contribution in [3.8, 4) is 0 Å². The van der Waals surface area contributed by atoms with E-state index in [0.29, 0.717) is 5.41 Å². The second-order valence-electron chi connectivity index (χ2n) is 4.26. The van der Waals surface area contributed by atoms with Gasteiger partial charge in [0.1, 0.15) is 0 Å². The van der Waals surface area contributed by atoms with E-state index in [1.165, 1.54) is 25.7 Å². The molecule has 0 aliphatic heterocycles. The van der Waals surface area contributed by atoms with Crippen molar-refractivity contribution in [3.05, 3.63) is 12.2 Å². The zero-order valence-corrected chi connectivity index (χ0v) is 8.06. The van der Waals surface area contributed by atoms with Crippen molar-refractivity contribution in [2.75, 3.05) is 0 Å². The van der Waals surface area contributed by atoms with Crippen LogP contribution in [0.5, 0.6) is 0 Å². The lowest BCUT2D eigenvalue weighted by molar-refractivity contribution is 0.260. The van der Waals surface area contributed by atoms with Gasteiger partial charge in [-0.15, -0.1) is 0 Å². The molecule has 0 amide bonds. The Hall–Kier alpha value is -0.260. The molecule has 0 spiro atoms. The molecule has 0 nitrogen and oxygen atoms in total. The van der Waals surface area contributed by atoms with E-state index in [4.69, 9.17) is 0 Å². The van der Waals surface area contributed by atoms with Gasteiger partial charge in [-0.1, -0.05) is 39.3 Å². The third kappa shape index (κ3) is 2.08. The van der Waals surface area contributed by atoms with Gasteiger partial charge < -0.3 is 0 Å². The summed E-state index contributed by atoms with van der Waals surface area (Å²) in [7, 11) is 0. The van der Waals surface area contributed by atoms with Crippen LogP contribution in [0.2, 0.25) is 0 Å². The van der Waals surface area contributed by atoms with E-state index >= 15 is 0 Å². The molecule has 1 aliphatic carbocycles. The zero-order valence-electron chi connectivity index (χ0n) is 8.06. The molecule has 0 aromatic heterocycles. The predicted molar refractivity (Wildman–Crippen MR) is 50.6 cm³/mol. The maximum absolute atomic E-state index is 2.41. The van der Waals surface area contributed by atoms with Gasteiger partial charge in [-0.25, -0.2) is 0 Å². The summed E-state index contributed by atoms with van der Waals surface area (Å²) in [6.07, 6.45) is 10.2. The maximum Gasteiger partial charge on any atom is -0.0147 e. The number of hydrogen-bond acceptors (Lipinski definition) is 0. The summed E-state index contributed by atoms with van der Waals surface area (Å²) in [6.45, 7) is 7.04. The average molecular weight is 152 g/mol. The molecule has 0 radical (unpaired) electrons. The second-order valence-corrected chi connectivity index (χ2v) is 4.26. The Kier molecular flexibility index (Phi) is 2.75. The molecule has 0 bridgehead atoms. The van der Waals surface area contributed by atoms with Crippen LogP contribution < -0.4 is 0 Å². The fraction of sp³-hybridized carbons (Fsp3) is 0.818. The van der Waals surface area contributed by atoms with Crippen LogP contribution in [-0.4, -0.2) is 0 Å². The minimum absolute atomic E-state index is 0.450. The topological polar surface area (TPSA) is 0 Å². The van der Waals surface area contributed by atoms with Crippen LogP contribution in [0.25, 0.3) is 0 Å². The molecule has 0 aromatic carbocycles. The lowest BCUT2D eigenvalue weighted by Gasteiger charge is -2.29. The van der Waals surface area contributed by atoms with Crippen molar-refractivity contribution in [1.29, 1.82) is 0 Å². The first kappa shape index (κ1) is 8.83. The molecular formula is C11H20. The molecule has 1 atom stereocenters. The molecule has 0 heteroatoms. The lowest BCUT2D eigenvalue weighted by atomic mass is 9.76. The van der Waals surface area contributed by atoms with Crippen molar-refractivity contribution in [3.63, 3.8) is 0 Å². The van der Waals surface area contributed by atoms with E-state index in [2.05, 4.69) is 32.9 Å². The van der Waals surface area contributed by atoms with Gasteiger partial charge in [-0.2, -0.15) is 0 Å². The first-order chi connectivity index (χ1) is 5.17. The van der Waals surface area contributed by atoms with Crippen LogP contribution in [0.1, 0.15) is 46.5 Å². The molecule has 0 saturated carbocycles. The summed E-state index contributed by atoms with van der Waals surface area (Å²) in [6, 6.07) is 0. The highest BCUT2D eigenvalue weighted by molar-refractivity contribution is 5.00.